The van der Waals surface area contributed by atoms with Gasteiger partial charge in [-0.25, -0.2) is 0 Å². The van der Waals surface area contributed by atoms with Crippen molar-refractivity contribution in [2.45, 2.75) is 0 Å². The van der Waals surface area contributed by atoms with Crippen LogP contribution >= 0.6 is 11.3 Å². The molecule has 0 aliphatic heterocycles. The van der Waals surface area contributed by atoms with Crippen LogP contribution in [0.5, 0.6) is 0 Å². The van der Waals surface area contributed by atoms with Crippen molar-refractivity contribution in [2.75, 3.05) is 0 Å². The summed E-state index contributed by atoms with van der Waals surface area (Å²) < 4.78 is 3.29. The van der Waals surface area contributed by atoms with E-state index >= 15 is 0 Å². The Bertz CT molecular complexity index is 743. The summed E-state index contributed by atoms with van der Waals surface area (Å²) in [5.41, 5.74) is 0.809. The van der Waals surface area contributed by atoms with Crippen molar-refractivity contribution in [1.29, 1.82) is 0 Å². The fraction of sp³-hybridized carbons (Fsp3) is 0. The van der Waals surface area contributed by atoms with Crippen molar-refractivity contribution in [2.24, 2.45) is 0 Å². The average molecular weight is 335 g/mol. The van der Waals surface area contributed by atoms with Gasteiger partial charge in [0.15, 0.2) is 0 Å². The molecule has 4 nitrogen and oxygen atoms in total. The van der Waals surface area contributed by atoms with Gasteiger partial charge in [0.2, 0.25) is 0 Å². The zero-order chi connectivity index (χ0) is 13.2. The summed E-state index contributed by atoms with van der Waals surface area (Å²) in [6.45, 7) is 0. The van der Waals surface area contributed by atoms with Gasteiger partial charge in [0.05, 0.1) is 0 Å². The van der Waals surface area contributed by atoms with E-state index in [1.54, 1.807) is 17.4 Å². The van der Waals surface area contributed by atoms with Crippen LogP contribution < -0.4 is 8.37 Å². The Morgan fingerprint density at radius 1 is 1.16 bits per heavy atom. The SMILES string of the molecule is O=[N+]([O-])c1ccc2sc([Se]c3ccccc3)nc2c1. The molecular weight excluding hydrogens is 327 g/mol. The number of hydrogen-bond acceptors (Lipinski definition) is 4. The average Bonchev–Trinajstić information content (AvgIpc) is 2.80. The van der Waals surface area contributed by atoms with Gasteiger partial charge in [0.25, 0.3) is 0 Å². The summed E-state index contributed by atoms with van der Waals surface area (Å²) in [6, 6.07) is 15.0. The Morgan fingerprint density at radius 3 is 2.68 bits per heavy atom. The third kappa shape index (κ3) is 2.66. The number of nitro groups is 1. The summed E-state index contributed by atoms with van der Waals surface area (Å²) in [5, 5.41) is 10.7. The van der Waals surface area contributed by atoms with E-state index in [2.05, 4.69) is 17.1 Å². The Kier molecular flexibility index (Phi) is 3.29. The number of fused-ring (bicyclic) bond motifs is 1. The second-order valence-corrected chi connectivity index (χ2v) is 7.65. The standard InChI is InChI=1S/C13H8N2O2SSe/c16-15(17)9-6-7-12-11(8-9)14-13(18-12)19-10-4-2-1-3-5-10/h1-8H. The van der Waals surface area contributed by atoms with Crippen molar-refractivity contribution in [3.8, 4) is 0 Å². The molecule has 0 bridgehead atoms. The molecule has 6 heteroatoms. The zero-order valence-corrected chi connectivity index (χ0v) is 12.2. The summed E-state index contributed by atoms with van der Waals surface area (Å²) in [5.74, 6) is 0. The third-order valence-corrected chi connectivity index (χ3v) is 5.92. The van der Waals surface area contributed by atoms with Crippen LogP contribution in [0.3, 0.4) is 0 Å². The van der Waals surface area contributed by atoms with Gasteiger partial charge < -0.3 is 0 Å². The number of nitro benzene ring substituents is 1. The first-order valence-electron chi connectivity index (χ1n) is 5.50. The van der Waals surface area contributed by atoms with Gasteiger partial charge in [-0.05, 0) is 0 Å². The summed E-state index contributed by atoms with van der Waals surface area (Å²) in [4.78, 5) is 14.8. The number of hydrogen-bond donors (Lipinski definition) is 0. The van der Waals surface area contributed by atoms with Crippen molar-refractivity contribution >= 4 is 50.6 Å². The topological polar surface area (TPSA) is 56.0 Å². The molecule has 0 amide bonds. The van der Waals surface area contributed by atoms with E-state index in [1.165, 1.54) is 16.6 Å². The molecule has 19 heavy (non-hydrogen) atoms. The molecule has 0 spiro atoms. The van der Waals surface area contributed by atoms with Crippen LogP contribution in [0.25, 0.3) is 10.2 Å². The fourth-order valence-corrected chi connectivity index (χ4v) is 5.03. The molecule has 2 aromatic carbocycles. The molecule has 0 atom stereocenters. The van der Waals surface area contributed by atoms with Crippen LogP contribution in [0, 0.1) is 10.1 Å². The predicted octanol–water partition coefficient (Wildman–Crippen LogP) is 1.86. The number of nitrogens with zero attached hydrogens (tertiary/aromatic N) is 2. The minimum absolute atomic E-state index is 0.0940. The second kappa shape index (κ2) is 5.09. The van der Waals surface area contributed by atoms with Gasteiger partial charge in [-0.3, -0.25) is 0 Å². The molecule has 0 fully saturated rings. The summed E-state index contributed by atoms with van der Waals surface area (Å²) in [7, 11) is 0. The number of benzene rings is 2. The first kappa shape index (κ1) is 12.3. The number of thiazole rings is 1. The first-order valence-corrected chi connectivity index (χ1v) is 8.03. The van der Waals surface area contributed by atoms with Gasteiger partial charge in [-0.1, -0.05) is 0 Å². The summed E-state index contributed by atoms with van der Waals surface area (Å²) >= 11 is 1.76. The molecule has 3 aromatic rings. The summed E-state index contributed by atoms with van der Waals surface area (Å²) in [6.07, 6.45) is 0. The molecule has 0 saturated carbocycles. The van der Waals surface area contributed by atoms with Crippen molar-refractivity contribution in [3.63, 3.8) is 0 Å². The van der Waals surface area contributed by atoms with Gasteiger partial charge in [-0.2, -0.15) is 0 Å². The maximum absolute atomic E-state index is 10.7. The normalized spacial score (nSPS) is 10.7. The minimum atomic E-state index is -0.388. The monoisotopic (exact) mass is 336 g/mol. The molecule has 1 heterocycles. The Balaban J connectivity index is 1.95. The third-order valence-electron chi connectivity index (χ3n) is 2.51. The molecule has 0 unspecified atom stereocenters. The Morgan fingerprint density at radius 2 is 1.95 bits per heavy atom. The molecule has 0 N–H and O–H groups in total. The van der Waals surface area contributed by atoms with Gasteiger partial charge in [0, 0.05) is 0 Å². The van der Waals surface area contributed by atoms with Crippen molar-refractivity contribution in [3.05, 3.63) is 58.6 Å². The van der Waals surface area contributed by atoms with Crippen LogP contribution in [0.1, 0.15) is 0 Å². The van der Waals surface area contributed by atoms with Gasteiger partial charge in [0.1, 0.15) is 0 Å². The molecular formula is C13H8N2O2SSe. The van der Waals surface area contributed by atoms with E-state index in [0.717, 1.165) is 8.61 Å². The molecule has 0 aliphatic rings. The Labute approximate surface area is 119 Å². The molecule has 0 aliphatic carbocycles. The predicted molar refractivity (Wildman–Crippen MR) is 77.7 cm³/mol. The molecule has 3 rings (SSSR count). The van der Waals surface area contributed by atoms with E-state index in [1.807, 2.05) is 18.2 Å². The first-order chi connectivity index (χ1) is 9.22. The van der Waals surface area contributed by atoms with Crippen LogP contribution in [-0.2, 0) is 0 Å². The van der Waals surface area contributed by atoms with E-state index in [-0.39, 0.29) is 25.6 Å². The quantitative estimate of drug-likeness (QED) is 0.417. The molecule has 94 valence electrons. The zero-order valence-electron chi connectivity index (χ0n) is 9.65. The van der Waals surface area contributed by atoms with E-state index < -0.39 is 0 Å². The van der Waals surface area contributed by atoms with Crippen LogP contribution in [0.2, 0.25) is 0 Å². The van der Waals surface area contributed by atoms with Crippen LogP contribution in [0.15, 0.2) is 48.5 Å². The van der Waals surface area contributed by atoms with E-state index in [0.29, 0.717) is 5.52 Å². The van der Waals surface area contributed by atoms with Crippen LogP contribution in [-0.4, -0.2) is 24.9 Å². The molecule has 0 radical (unpaired) electrons. The number of non-ortho nitro benzene ring substituents is 1. The van der Waals surface area contributed by atoms with E-state index in [9.17, 15) is 10.1 Å². The van der Waals surface area contributed by atoms with Crippen molar-refractivity contribution < 1.29 is 4.92 Å². The maximum atomic E-state index is 10.7. The van der Waals surface area contributed by atoms with E-state index in [4.69, 9.17) is 0 Å². The number of rotatable bonds is 3. The van der Waals surface area contributed by atoms with Crippen molar-refractivity contribution in [1.82, 2.24) is 4.98 Å². The van der Waals surface area contributed by atoms with Crippen LogP contribution in [0.4, 0.5) is 5.69 Å². The Hall–Kier alpha value is -1.75. The van der Waals surface area contributed by atoms with Gasteiger partial charge in [-0.15, -0.1) is 0 Å². The van der Waals surface area contributed by atoms with Gasteiger partial charge >= 0.3 is 119 Å². The fourth-order valence-electron chi connectivity index (χ4n) is 1.64. The molecule has 1 aromatic heterocycles. The number of aromatic nitrogens is 1. The molecule has 0 saturated heterocycles. The second-order valence-electron chi connectivity index (χ2n) is 3.80.